The van der Waals surface area contributed by atoms with Crippen molar-refractivity contribution in [3.63, 3.8) is 0 Å². The molecule has 0 amide bonds. The summed E-state index contributed by atoms with van der Waals surface area (Å²) in [6.07, 6.45) is 5.52. The minimum absolute atomic E-state index is 0.390. The van der Waals surface area contributed by atoms with Crippen LogP contribution < -0.4 is 10.1 Å². The lowest BCUT2D eigenvalue weighted by molar-refractivity contribution is 0.392. The zero-order chi connectivity index (χ0) is 10.7. The van der Waals surface area contributed by atoms with Gasteiger partial charge < -0.3 is 10.1 Å². The Hall–Kier alpha value is -0.610. The Kier molecular flexibility index (Phi) is 3.59. The van der Waals surface area contributed by atoms with Gasteiger partial charge in [-0.15, -0.1) is 0 Å². The van der Waals surface area contributed by atoms with Crippen LogP contribution >= 0.6 is 15.9 Å². The predicted molar refractivity (Wildman–Crippen MR) is 63.1 cm³/mol. The molecule has 0 radical (unpaired) electrons. The highest BCUT2D eigenvalue weighted by Crippen LogP contribution is 2.28. The molecule has 1 unspecified atom stereocenters. The van der Waals surface area contributed by atoms with Crippen LogP contribution in [0.25, 0.3) is 0 Å². The molecule has 0 spiro atoms. The van der Waals surface area contributed by atoms with Crippen molar-refractivity contribution in [3.05, 3.63) is 22.4 Å². The first-order chi connectivity index (χ1) is 7.31. The summed E-state index contributed by atoms with van der Waals surface area (Å²) in [6.45, 7) is 1.09. The van der Waals surface area contributed by atoms with Gasteiger partial charge in [-0.25, -0.2) is 0 Å². The van der Waals surface area contributed by atoms with Crippen molar-refractivity contribution in [3.8, 4) is 5.75 Å². The molecular weight excluding hydrogens is 256 g/mol. The molecule has 1 saturated heterocycles. The summed E-state index contributed by atoms with van der Waals surface area (Å²) in [5.74, 6) is 0.854. The van der Waals surface area contributed by atoms with Crippen LogP contribution in [0.2, 0.25) is 0 Å². The largest absolute Gasteiger partial charge is 0.495 e. The molecule has 15 heavy (non-hydrogen) atoms. The van der Waals surface area contributed by atoms with Crippen LogP contribution in [-0.2, 0) is 0 Å². The number of halogens is 1. The summed E-state index contributed by atoms with van der Waals surface area (Å²) in [5.41, 5.74) is 1.08. The van der Waals surface area contributed by atoms with Crippen LogP contribution in [0.5, 0.6) is 5.75 Å². The van der Waals surface area contributed by atoms with E-state index in [1.165, 1.54) is 12.8 Å². The maximum absolute atomic E-state index is 5.26. The Labute approximate surface area is 98.4 Å². The SMILES string of the molecule is COc1cc(C2CCCCN2)ncc1Br. The maximum Gasteiger partial charge on any atom is 0.136 e. The molecule has 0 bridgehead atoms. The van der Waals surface area contributed by atoms with Crippen molar-refractivity contribution < 1.29 is 4.74 Å². The van der Waals surface area contributed by atoms with E-state index in [1.54, 1.807) is 7.11 Å². The van der Waals surface area contributed by atoms with Crippen molar-refractivity contribution in [1.29, 1.82) is 0 Å². The van der Waals surface area contributed by atoms with E-state index in [0.29, 0.717) is 6.04 Å². The lowest BCUT2D eigenvalue weighted by atomic mass is 10.0. The molecule has 1 aliphatic heterocycles. The number of aromatic nitrogens is 1. The van der Waals surface area contributed by atoms with E-state index >= 15 is 0 Å². The Morgan fingerprint density at radius 1 is 1.53 bits per heavy atom. The maximum atomic E-state index is 5.26. The topological polar surface area (TPSA) is 34.1 Å². The van der Waals surface area contributed by atoms with E-state index in [9.17, 15) is 0 Å². The van der Waals surface area contributed by atoms with Gasteiger partial charge >= 0.3 is 0 Å². The number of hydrogen-bond acceptors (Lipinski definition) is 3. The summed E-state index contributed by atoms with van der Waals surface area (Å²) < 4.78 is 6.17. The van der Waals surface area contributed by atoms with Crippen molar-refractivity contribution in [1.82, 2.24) is 10.3 Å². The number of nitrogens with one attached hydrogen (secondary N) is 1. The lowest BCUT2D eigenvalue weighted by Gasteiger charge is -2.23. The van der Waals surface area contributed by atoms with Crippen LogP contribution in [0.15, 0.2) is 16.7 Å². The molecule has 1 aliphatic rings. The summed E-state index contributed by atoms with van der Waals surface area (Å²) in [7, 11) is 1.68. The molecule has 4 heteroatoms. The van der Waals surface area contributed by atoms with Crippen LogP contribution in [0.4, 0.5) is 0 Å². The zero-order valence-corrected chi connectivity index (χ0v) is 10.4. The van der Waals surface area contributed by atoms with E-state index in [0.717, 1.165) is 28.9 Å². The molecule has 0 aromatic carbocycles. The molecule has 1 aromatic rings. The first kappa shape index (κ1) is 10.9. The highest BCUT2D eigenvalue weighted by Gasteiger charge is 2.17. The normalized spacial score (nSPS) is 21.3. The number of ether oxygens (including phenoxy) is 1. The van der Waals surface area contributed by atoms with Gasteiger partial charge in [0.15, 0.2) is 0 Å². The molecular formula is C11H15BrN2O. The second kappa shape index (κ2) is 4.94. The molecule has 82 valence electrons. The van der Waals surface area contributed by atoms with E-state index in [4.69, 9.17) is 4.74 Å². The van der Waals surface area contributed by atoms with Gasteiger partial charge in [0, 0.05) is 18.3 Å². The van der Waals surface area contributed by atoms with Crippen molar-refractivity contribution >= 4 is 15.9 Å². The fourth-order valence-corrected chi connectivity index (χ4v) is 2.27. The Morgan fingerprint density at radius 2 is 2.40 bits per heavy atom. The molecule has 1 N–H and O–H groups in total. The third-order valence-electron chi connectivity index (χ3n) is 2.73. The van der Waals surface area contributed by atoms with Gasteiger partial charge in [-0.05, 0) is 35.3 Å². The van der Waals surface area contributed by atoms with Crippen molar-refractivity contribution in [2.45, 2.75) is 25.3 Å². The monoisotopic (exact) mass is 270 g/mol. The van der Waals surface area contributed by atoms with E-state index < -0.39 is 0 Å². The van der Waals surface area contributed by atoms with Crippen molar-refractivity contribution in [2.24, 2.45) is 0 Å². The number of rotatable bonds is 2. The van der Waals surface area contributed by atoms with E-state index in [1.807, 2.05) is 12.3 Å². The number of pyridine rings is 1. The molecule has 2 heterocycles. The average molecular weight is 271 g/mol. The number of piperidine rings is 1. The molecule has 0 saturated carbocycles. The number of nitrogens with zero attached hydrogens (tertiary/aromatic N) is 1. The molecule has 3 nitrogen and oxygen atoms in total. The van der Waals surface area contributed by atoms with Crippen LogP contribution in [-0.4, -0.2) is 18.6 Å². The summed E-state index contributed by atoms with van der Waals surface area (Å²) in [4.78, 5) is 4.42. The van der Waals surface area contributed by atoms with E-state index in [2.05, 4.69) is 26.2 Å². The van der Waals surface area contributed by atoms with Gasteiger partial charge in [-0.3, -0.25) is 4.98 Å². The van der Waals surface area contributed by atoms with Gasteiger partial charge in [0.2, 0.25) is 0 Å². The fraction of sp³-hybridized carbons (Fsp3) is 0.545. The molecule has 2 rings (SSSR count). The quantitative estimate of drug-likeness (QED) is 0.898. The van der Waals surface area contributed by atoms with Crippen LogP contribution in [0, 0.1) is 0 Å². The van der Waals surface area contributed by atoms with Gasteiger partial charge in [-0.1, -0.05) is 6.42 Å². The minimum atomic E-state index is 0.390. The predicted octanol–water partition coefficient (Wildman–Crippen LogP) is 2.67. The Morgan fingerprint density at radius 3 is 3.07 bits per heavy atom. The smallest absolute Gasteiger partial charge is 0.136 e. The number of hydrogen-bond donors (Lipinski definition) is 1. The average Bonchev–Trinajstić information content (AvgIpc) is 2.31. The lowest BCUT2D eigenvalue weighted by Crippen LogP contribution is -2.27. The minimum Gasteiger partial charge on any atom is -0.495 e. The van der Waals surface area contributed by atoms with Crippen molar-refractivity contribution in [2.75, 3.05) is 13.7 Å². The fourth-order valence-electron chi connectivity index (χ4n) is 1.89. The first-order valence-corrected chi connectivity index (χ1v) is 6.03. The molecule has 1 fully saturated rings. The second-order valence-electron chi connectivity index (χ2n) is 3.75. The second-order valence-corrected chi connectivity index (χ2v) is 4.60. The van der Waals surface area contributed by atoms with Gasteiger partial charge in [-0.2, -0.15) is 0 Å². The molecule has 1 atom stereocenters. The Balaban J connectivity index is 2.20. The van der Waals surface area contributed by atoms with E-state index in [-0.39, 0.29) is 0 Å². The highest BCUT2D eigenvalue weighted by molar-refractivity contribution is 9.10. The van der Waals surface area contributed by atoms with Gasteiger partial charge in [0.25, 0.3) is 0 Å². The summed E-state index contributed by atoms with van der Waals surface area (Å²) in [5, 5.41) is 3.47. The van der Waals surface area contributed by atoms with Gasteiger partial charge in [0.05, 0.1) is 17.3 Å². The van der Waals surface area contributed by atoms with Crippen LogP contribution in [0.1, 0.15) is 31.0 Å². The Bertz CT molecular complexity index is 337. The summed E-state index contributed by atoms with van der Waals surface area (Å²) in [6, 6.07) is 2.40. The molecule has 1 aromatic heterocycles. The highest BCUT2D eigenvalue weighted by atomic mass is 79.9. The zero-order valence-electron chi connectivity index (χ0n) is 8.79. The standard InChI is InChI=1S/C11H15BrN2O/c1-15-11-6-10(14-7-8(11)12)9-4-2-3-5-13-9/h6-7,9,13H,2-5H2,1H3. The third kappa shape index (κ3) is 2.49. The number of methoxy groups -OCH3 is 1. The first-order valence-electron chi connectivity index (χ1n) is 5.24. The van der Waals surface area contributed by atoms with Crippen LogP contribution in [0.3, 0.4) is 0 Å². The third-order valence-corrected chi connectivity index (χ3v) is 3.32. The van der Waals surface area contributed by atoms with Gasteiger partial charge in [0.1, 0.15) is 5.75 Å². The summed E-state index contributed by atoms with van der Waals surface area (Å²) >= 11 is 3.41. The molecule has 0 aliphatic carbocycles.